The topological polar surface area (TPSA) is 61.4 Å². The lowest BCUT2D eigenvalue weighted by atomic mass is 10.1. The highest BCUT2D eigenvalue weighted by molar-refractivity contribution is 6.30. The number of carbonyl (C=O) groups is 1. The lowest BCUT2D eigenvalue weighted by molar-refractivity contribution is -0.135. The van der Waals surface area contributed by atoms with Gasteiger partial charge in [-0.3, -0.25) is 13.8 Å². The molecule has 0 spiro atoms. The van der Waals surface area contributed by atoms with Crippen LogP contribution in [0, 0.1) is 11.8 Å². The molecule has 5 rings (SSSR count). The Kier molecular flexibility index (Phi) is 5.78. The predicted molar refractivity (Wildman–Crippen MR) is 136 cm³/mol. The molecule has 0 saturated heterocycles. The number of carbonyl (C=O) groups excluding carboxylic acids is 1. The van der Waals surface area contributed by atoms with Gasteiger partial charge in [0.1, 0.15) is 11.2 Å². The smallest absolute Gasteiger partial charge is 0.311 e. The Morgan fingerprint density at radius 1 is 1.00 bits per heavy atom. The second-order valence-electron chi connectivity index (χ2n) is 9.50. The molecule has 6 nitrogen and oxygen atoms in total. The van der Waals surface area contributed by atoms with Gasteiger partial charge in [0.2, 0.25) is 0 Å². The van der Waals surface area contributed by atoms with E-state index < -0.39 is 0 Å². The van der Waals surface area contributed by atoms with Crippen molar-refractivity contribution in [3.05, 3.63) is 65.6 Å². The number of aromatic nitrogens is 4. The number of nitrogens with zero attached hydrogens (tertiary/aromatic N) is 4. The first kappa shape index (κ1) is 22.4. The van der Waals surface area contributed by atoms with Crippen molar-refractivity contribution in [2.45, 2.75) is 40.5 Å². The number of esters is 1. The summed E-state index contributed by atoms with van der Waals surface area (Å²) in [6, 6.07) is 15.6. The number of ether oxygens (including phenoxy) is 1. The van der Waals surface area contributed by atoms with E-state index in [1.165, 1.54) is 0 Å². The third-order valence-corrected chi connectivity index (χ3v) is 5.93. The van der Waals surface area contributed by atoms with Crippen molar-refractivity contribution < 1.29 is 9.53 Å². The molecule has 0 aliphatic rings. The predicted octanol–water partition coefficient (Wildman–Crippen LogP) is 6.63. The molecule has 0 unspecified atom stereocenters. The molecule has 0 fully saturated rings. The third-order valence-electron chi connectivity index (χ3n) is 5.70. The Bertz CT molecular complexity index is 1530. The van der Waals surface area contributed by atoms with Crippen LogP contribution < -0.4 is 4.74 Å². The van der Waals surface area contributed by atoms with Gasteiger partial charge in [-0.25, -0.2) is 9.97 Å². The van der Waals surface area contributed by atoms with Crippen LogP contribution in [0.2, 0.25) is 5.02 Å². The third kappa shape index (κ3) is 4.03. The first-order chi connectivity index (χ1) is 16.3. The summed E-state index contributed by atoms with van der Waals surface area (Å²) in [5.74, 6) is 1.67. The molecule has 0 N–H and O–H groups in total. The van der Waals surface area contributed by atoms with E-state index in [0.717, 1.165) is 34.6 Å². The van der Waals surface area contributed by atoms with Crippen LogP contribution in [0.5, 0.6) is 5.75 Å². The molecular weight excluding hydrogens is 448 g/mol. The van der Waals surface area contributed by atoms with E-state index in [-0.39, 0.29) is 11.9 Å². The van der Waals surface area contributed by atoms with Gasteiger partial charge in [0.15, 0.2) is 17.0 Å². The molecule has 0 radical (unpaired) electrons. The van der Waals surface area contributed by atoms with E-state index in [0.29, 0.717) is 34.1 Å². The maximum atomic E-state index is 12.7. The van der Waals surface area contributed by atoms with Crippen LogP contribution >= 0.6 is 11.6 Å². The lowest BCUT2D eigenvalue weighted by Crippen LogP contribution is -2.11. The molecule has 3 aromatic heterocycles. The second kappa shape index (κ2) is 8.76. The maximum absolute atomic E-state index is 12.7. The molecule has 174 valence electrons. The van der Waals surface area contributed by atoms with Crippen molar-refractivity contribution in [3.63, 3.8) is 0 Å². The fraction of sp³-hybridized carbons (Fsp3) is 0.296. The number of benzene rings is 2. The first-order valence-corrected chi connectivity index (χ1v) is 12.0. The van der Waals surface area contributed by atoms with Gasteiger partial charge in [0.05, 0.1) is 17.2 Å². The normalized spacial score (nSPS) is 12.0. The van der Waals surface area contributed by atoms with E-state index in [9.17, 15) is 4.79 Å². The van der Waals surface area contributed by atoms with Gasteiger partial charge in [0, 0.05) is 23.6 Å². The highest BCUT2D eigenvalue weighted by Gasteiger charge is 2.23. The van der Waals surface area contributed by atoms with Crippen LogP contribution in [-0.4, -0.2) is 24.9 Å². The molecular formula is C27H27ClN4O2. The summed E-state index contributed by atoms with van der Waals surface area (Å²) >= 11 is 6.31. The fourth-order valence-corrected chi connectivity index (χ4v) is 4.51. The van der Waals surface area contributed by atoms with E-state index in [4.69, 9.17) is 26.3 Å². The zero-order valence-electron chi connectivity index (χ0n) is 19.7. The van der Waals surface area contributed by atoms with E-state index >= 15 is 0 Å². The minimum Gasteiger partial charge on any atom is -0.424 e. The number of hydrogen-bond donors (Lipinski definition) is 0. The van der Waals surface area contributed by atoms with Crippen LogP contribution in [0.4, 0.5) is 0 Å². The van der Waals surface area contributed by atoms with Gasteiger partial charge < -0.3 is 4.74 Å². The SMILES string of the molecule is CC(C)CC(=O)Oc1cn(-c2cccc(Cl)c2)c2nc(CC(C)C)n3c4ccccc4nc3c12. The van der Waals surface area contributed by atoms with Gasteiger partial charge in [-0.1, -0.05) is 57.5 Å². The largest absolute Gasteiger partial charge is 0.424 e. The number of hydrogen-bond acceptors (Lipinski definition) is 4. The van der Waals surface area contributed by atoms with Crippen molar-refractivity contribution in [1.82, 2.24) is 18.9 Å². The van der Waals surface area contributed by atoms with E-state index in [1.54, 1.807) is 0 Å². The monoisotopic (exact) mass is 474 g/mol. The summed E-state index contributed by atoms with van der Waals surface area (Å²) in [4.78, 5) is 22.8. The second-order valence-corrected chi connectivity index (χ2v) is 9.94. The molecule has 0 saturated carbocycles. The Morgan fingerprint density at radius 2 is 1.79 bits per heavy atom. The molecule has 5 aromatic rings. The number of halogens is 1. The molecule has 0 amide bonds. The van der Waals surface area contributed by atoms with Crippen molar-refractivity contribution in [2.75, 3.05) is 0 Å². The highest BCUT2D eigenvalue weighted by atomic mass is 35.5. The minimum atomic E-state index is -0.277. The standard InChI is InChI=1S/C27H27ClN4O2/c1-16(2)12-23-30-26-25(27-29-20-10-5-6-11-21(20)32(23)27)22(34-24(33)13-17(3)4)15-31(26)19-9-7-8-18(28)14-19/h5-11,14-17H,12-13H2,1-4H3. The Hall–Kier alpha value is -3.38. The summed E-state index contributed by atoms with van der Waals surface area (Å²) < 4.78 is 9.94. The summed E-state index contributed by atoms with van der Waals surface area (Å²) in [6.45, 7) is 8.34. The van der Waals surface area contributed by atoms with Gasteiger partial charge in [0.25, 0.3) is 0 Å². The summed E-state index contributed by atoms with van der Waals surface area (Å²) in [5.41, 5.74) is 4.12. The average Bonchev–Trinajstić information content (AvgIpc) is 3.31. The lowest BCUT2D eigenvalue weighted by Gasteiger charge is -2.11. The summed E-state index contributed by atoms with van der Waals surface area (Å²) in [6.07, 6.45) is 2.92. The van der Waals surface area contributed by atoms with Gasteiger partial charge in [-0.15, -0.1) is 0 Å². The van der Waals surface area contributed by atoms with Crippen molar-refractivity contribution >= 4 is 45.3 Å². The quantitative estimate of drug-likeness (QED) is 0.259. The van der Waals surface area contributed by atoms with Gasteiger partial charge >= 0.3 is 5.97 Å². The zero-order chi connectivity index (χ0) is 24.0. The van der Waals surface area contributed by atoms with Crippen LogP contribution in [0.15, 0.2) is 54.7 Å². The molecule has 7 heteroatoms. The molecule has 2 aromatic carbocycles. The van der Waals surface area contributed by atoms with Crippen molar-refractivity contribution in [1.29, 1.82) is 0 Å². The number of fused-ring (bicyclic) bond motifs is 5. The fourth-order valence-electron chi connectivity index (χ4n) is 4.32. The number of imidazole rings is 1. The van der Waals surface area contributed by atoms with Crippen molar-refractivity contribution in [2.24, 2.45) is 11.8 Å². The summed E-state index contributed by atoms with van der Waals surface area (Å²) in [7, 11) is 0. The number of rotatable bonds is 6. The van der Waals surface area contributed by atoms with E-state index in [1.807, 2.05) is 73.1 Å². The number of para-hydroxylation sites is 2. The van der Waals surface area contributed by atoms with Crippen LogP contribution in [0.1, 0.15) is 39.9 Å². The molecule has 0 atom stereocenters. The highest BCUT2D eigenvalue weighted by Crippen LogP contribution is 2.36. The molecule has 0 aliphatic carbocycles. The molecule has 34 heavy (non-hydrogen) atoms. The minimum absolute atomic E-state index is 0.193. The molecule has 0 bridgehead atoms. The molecule has 3 heterocycles. The Labute approximate surface area is 203 Å². The van der Waals surface area contributed by atoms with Crippen molar-refractivity contribution in [3.8, 4) is 11.4 Å². The van der Waals surface area contributed by atoms with Crippen LogP contribution in [0.25, 0.3) is 33.4 Å². The van der Waals surface area contributed by atoms with E-state index in [2.05, 4.69) is 18.2 Å². The van der Waals surface area contributed by atoms with Gasteiger partial charge in [-0.2, -0.15) is 0 Å². The average molecular weight is 475 g/mol. The zero-order valence-corrected chi connectivity index (χ0v) is 20.5. The Morgan fingerprint density at radius 3 is 2.53 bits per heavy atom. The summed E-state index contributed by atoms with van der Waals surface area (Å²) in [5, 5.41) is 1.33. The molecule has 0 aliphatic heterocycles. The first-order valence-electron chi connectivity index (χ1n) is 11.6. The maximum Gasteiger partial charge on any atom is 0.311 e. The Balaban J connectivity index is 1.86. The van der Waals surface area contributed by atoms with Gasteiger partial charge in [-0.05, 0) is 42.2 Å². The van der Waals surface area contributed by atoms with Crippen LogP contribution in [-0.2, 0) is 11.2 Å². The van der Waals surface area contributed by atoms with Crippen LogP contribution in [0.3, 0.4) is 0 Å².